The summed E-state index contributed by atoms with van der Waals surface area (Å²) in [6.45, 7) is 0. The van der Waals surface area contributed by atoms with E-state index in [2.05, 4.69) is 229 Å². The summed E-state index contributed by atoms with van der Waals surface area (Å²) < 4.78 is 0. The van der Waals surface area contributed by atoms with Crippen LogP contribution in [-0.2, 0) is 0 Å². The molecule has 0 heterocycles. The fourth-order valence-corrected chi connectivity index (χ4v) is 8.14. The average Bonchev–Trinajstić information content (AvgIpc) is 3.27. The molecule has 0 aliphatic rings. The smallest absolute Gasteiger partial charge is 0.0468 e. The van der Waals surface area contributed by atoms with Crippen LogP contribution in [0, 0.1) is 0 Å². The topological polar surface area (TPSA) is 3.24 Å². The third-order valence-electron chi connectivity index (χ3n) is 10.8. The lowest BCUT2D eigenvalue weighted by Crippen LogP contribution is -2.10. The maximum absolute atomic E-state index is 2.42. The van der Waals surface area contributed by atoms with Gasteiger partial charge in [-0.15, -0.1) is 0 Å². The fraction of sp³-hybridized carbons (Fsp3) is 0. The summed E-state index contributed by atoms with van der Waals surface area (Å²) in [4.78, 5) is 2.42. The highest BCUT2D eigenvalue weighted by Gasteiger charge is 2.18. The zero-order chi connectivity index (χ0) is 36.6. The van der Waals surface area contributed by atoms with E-state index in [0.29, 0.717) is 0 Å². The molecule has 0 atom stereocenters. The second-order valence-corrected chi connectivity index (χ2v) is 14.1. The summed E-state index contributed by atoms with van der Waals surface area (Å²) in [6.07, 6.45) is 0. The van der Waals surface area contributed by atoms with Gasteiger partial charge in [-0.25, -0.2) is 0 Å². The lowest BCUT2D eigenvalue weighted by atomic mass is 9.93. The summed E-state index contributed by atoms with van der Waals surface area (Å²) in [6, 6.07) is 81.6. The van der Waals surface area contributed by atoms with Crippen molar-refractivity contribution < 1.29 is 0 Å². The highest BCUT2D eigenvalue weighted by molar-refractivity contribution is 6.09. The van der Waals surface area contributed by atoms with Gasteiger partial charge in [-0.05, 0) is 119 Å². The number of hydrogen-bond acceptors (Lipinski definition) is 1. The van der Waals surface area contributed by atoms with Crippen LogP contribution in [0.2, 0.25) is 0 Å². The highest BCUT2D eigenvalue weighted by atomic mass is 15.1. The summed E-state index contributed by atoms with van der Waals surface area (Å²) >= 11 is 0. The molecule has 258 valence electrons. The molecule has 10 aromatic rings. The summed E-state index contributed by atoms with van der Waals surface area (Å²) in [5, 5.41) is 7.48. The molecule has 1 heteroatoms. The van der Waals surface area contributed by atoms with Crippen LogP contribution in [0.3, 0.4) is 0 Å². The largest absolute Gasteiger partial charge is 0.310 e. The van der Waals surface area contributed by atoms with Crippen molar-refractivity contribution in [2.45, 2.75) is 0 Å². The summed E-state index contributed by atoms with van der Waals surface area (Å²) in [5.41, 5.74) is 12.9. The molecule has 0 bridgehead atoms. The molecule has 10 rings (SSSR count). The van der Waals surface area contributed by atoms with E-state index in [0.717, 1.165) is 17.1 Å². The van der Waals surface area contributed by atoms with Crippen LogP contribution < -0.4 is 4.90 Å². The predicted molar refractivity (Wildman–Crippen MR) is 235 cm³/mol. The second kappa shape index (κ2) is 14.0. The van der Waals surface area contributed by atoms with E-state index in [1.807, 2.05) is 0 Å². The van der Waals surface area contributed by atoms with Gasteiger partial charge in [0.15, 0.2) is 0 Å². The van der Waals surface area contributed by atoms with E-state index in [-0.39, 0.29) is 0 Å². The summed E-state index contributed by atoms with van der Waals surface area (Å²) in [5.74, 6) is 0. The molecule has 55 heavy (non-hydrogen) atoms. The fourth-order valence-electron chi connectivity index (χ4n) is 8.14. The Labute approximate surface area is 322 Å². The standard InChI is InChI=1S/C54H37N/c1-3-14-38(15-4-1)52-33-32-48(37-53(52)40-16-5-2-6-17-40)55(47-31-30-42-29-28-41-19-8-10-26-50(41)54(42)36-47)46-24-12-22-44(35-46)43-21-11-23-45(34-43)51-27-13-20-39-18-7-9-25-49(39)51/h1-37H. The number of hydrogen-bond donors (Lipinski definition) is 0. The molecule has 1 nitrogen and oxygen atoms in total. The van der Waals surface area contributed by atoms with Crippen LogP contribution in [0.15, 0.2) is 224 Å². The van der Waals surface area contributed by atoms with E-state index in [9.17, 15) is 0 Å². The lowest BCUT2D eigenvalue weighted by molar-refractivity contribution is 1.29. The van der Waals surface area contributed by atoms with Crippen LogP contribution >= 0.6 is 0 Å². The van der Waals surface area contributed by atoms with Gasteiger partial charge < -0.3 is 4.90 Å². The molecule has 0 radical (unpaired) electrons. The molecule has 0 spiro atoms. The average molecular weight is 700 g/mol. The Hall–Kier alpha value is -7.22. The Bertz CT molecular complexity index is 2980. The zero-order valence-corrected chi connectivity index (χ0v) is 30.3. The normalized spacial score (nSPS) is 11.3. The van der Waals surface area contributed by atoms with Crippen molar-refractivity contribution in [1.29, 1.82) is 0 Å². The van der Waals surface area contributed by atoms with Crippen molar-refractivity contribution in [3.05, 3.63) is 224 Å². The number of benzene rings is 10. The first-order valence-electron chi connectivity index (χ1n) is 18.9. The lowest BCUT2D eigenvalue weighted by Gasteiger charge is -2.28. The van der Waals surface area contributed by atoms with Crippen molar-refractivity contribution in [3.8, 4) is 44.5 Å². The van der Waals surface area contributed by atoms with Gasteiger partial charge in [0.05, 0.1) is 0 Å². The third kappa shape index (κ3) is 6.12. The molecular formula is C54H37N. The first-order chi connectivity index (χ1) is 27.3. The van der Waals surface area contributed by atoms with Gasteiger partial charge in [-0.1, -0.05) is 182 Å². The monoisotopic (exact) mass is 699 g/mol. The minimum atomic E-state index is 1.10. The first kappa shape index (κ1) is 32.4. The van der Waals surface area contributed by atoms with Crippen molar-refractivity contribution >= 4 is 49.4 Å². The molecule has 0 aliphatic heterocycles. The van der Waals surface area contributed by atoms with Crippen LogP contribution in [0.4, 0.5) is 17.1 Å². The number of fused-ring (bicyclic) bond motifs is 4. The molecule has 0 saturated carbocycles. The van der Waals surface area contributed by atoms with Crippen molar-refractivity contribution in [2.24, 2.45) is 0 Å². The van der Waals surface area contributed by atoms with Gasteiger partial charge >= 0.3 is 0 Å². The van der Waals surface area contributed by atoms with E-state index in [1.165, 1.54) is 76.8 Å². The van der Waals surface area contributed by atoms with Crippen molar-refractivity contribution in [1.82, 2.24) is 0 Å². The van der Waals surface area contributed by atoms with Gasteiger partial charge in [0.2, 0.25) is 0 Å². The molecule has 0 fully saturated rings. The van der Waals surface area contributed by atoms with Gasteiger partial charge in [0.25, 0.3) is 0 Å². The molecule has 0 aliphatic carbocycles. The van der Waals surface area contributed by atoms with Gasteiger partial charge in [0, 0.05) is 17.1 Å². The Kier molecular flexibility index (Phi) is 8.24. The molecule has 0 N–H and O–H groups in total. The summed E-state index contributed by atoms with van der Waals surface area (Å²) in [7, 11) is 0. The van der Waals surface area contributed by atoms with Crippen LogP contribution in [-0.4, -0.2) is 0 Å². The zero-order valence-electron chi connectivity index (χ0n) is 30.3. The predicted octanol–water partition coefficient (Wildman–Crippen LogP) is 15.3. The van der Waals surface area contributed by atoms with Gasteiger partial charge in [-0.2, -0.15) is 0 Å². The molecule has 0 amide bonds. The Morgan fingerprint density at radius 1 is 0.218 bits per heavy atom. The number of rotatable bonds is 7. The molecule has 0 aromatic heterocycles. The minimum absolute atomic E-state index is 1.10. The molecule has 0 unspecified atom stereocenters. The first-order valence-corrected chi connectivity index (χ1v) is 18.9. The second-order valence-electron chi connectivity index (χ2n) is 14.1. The van der Waals surface area contributed by atoms with Crippen LogP contribution in [0.5, 0.6) is 0 Å². The van der Waals surface area contributed by atoms with E-state index in [1.54, 1.807) is 0 Å². The van der Waals surface area contributed by atoms with E-state index in [4.69, 9.17) is 0 Å². The third-order valence-corrected chi connectivity index (χ3v) is 10.8. The number of anilines is 3. The van der Waals surface area contributed by atoms with Crippen LogP contribution in [0.25, 0.3) is 76.8 Å². The SMILES string of the molecule is c1ccc(-c2ccc(N(c3cccc(-c4cccc(-c5cccc6ccccc56)c4)c3)c3ccc4ccc5ccccc5c4c3)cc2-c2ccccc2)cc1. The maximum atomic E-state index is 2.42. The van der Waals surface area contributed by atoms with Gasteiger partial charge in [0.1, 0.15) is 0 Å². The Morgan fingerprint density at radius 3 is 1.49 bits per heavy atom. The quantitative estimate of drug-likeness (QED) is 0.150. The van der Waals surface area contributed by atoms with E-state index < -0.39 is 0 Å². The maximum Gasteiger partial charge on any atom is 0.0468 e. The van der Waals surface area contributed by atoms with E-state index >= 15 is 0 Å². The number of nitrogens with zero attached hydrogens (tertiary/aromatic N) is 1. The highest BCUT2D eigenvalue weighted by Crippen LogP contribution is 2.43. The Balaban J connectivity index is 1.16. The van der Waals surface area contributed by atoms with Crippen LogP contribution in [0.1, 0.15) is 0 Å². The Morgan fingerprint density at radius 2 is 0.709 bits per heavy atom. The molecule has 0 saturated heterocycles. The minimum Gasteiger partial charge on any atom is -0.310 e. The molecular weight excluding hydrogens is 663 g/mol. The van der Waals surface area contributed by atoms with Gasteiger partial charge in [-0.3, -0.25) is 0 Å². The van der Waals surface area contributed by atoms with Crippen molar-refractivity contribution in [3.63, 3.8) is 0 Å². The van der Waals surface area contributed by atoms with Crippen molar-refractivity contribution in [2.75, 3.05) is 4.90 Å². The molecule has 10 aromatic carbocycles.